The summed E-state index contributed by atoms with van der Waals surface area (Å²) in [6, 6.07) is 0. The molecule has 14 heavy (non-hydrogen) atoms. The van der Waals surface area contributed by atoms with Gasteiger partial charge in [0.15, 0.2) is 0 Å². The zero-order valence-electron chi connectivity index (χ0n) is 9.73. The fourth-order valence-corrected chi connectivity index (χ4v) is 2.49. The van der Waals surface area contributed by atoms with E-state index in [4.69, 9.17) is 10.5 Å². The molecule has 84 valence electrons. The molecule has 3 nitrogen and oxygen atoms in total. The molecule has 0 amide bonds. The van der Waals surface area contributed by atoms with E-state index in [9.17, 15) is 0 Å². The first-order valence-corrected chi connectivity index (χ1v) is 5.48. The number of hydrogen-bond donors (Lipinski definition) is 2. The van der Waals surface area contributed by atoms with Crippen molar-refractivity contribution in [3.63, 3.8) is 0 Å². The normalized spacial score (nSPS) is 30.9. The SMILES string of the molecule is COCCNC1(CN)CCC(C)(C)C1. The zero-order valence-corrected chi connectivity index (χ0v) is 9.73. The number of nitrogens with one attached hydrogen (secondary N) is 1. The number of methoxy groups -OCH3 is 1. The van der Waals surface area contributed by atoms with Gasteiger partial charge >= 0.3 is 0 Å². The van der Waals surface area contributed by atoms with Gasteiger partial charge in [-0.25, -0.2) is 0 Å². The molecule has 1 atom stereocenters. The second-order valence-electron chi connectivity index (χ2n) is 5.25. The van der Waals surface area contributed by atoms with Crippen LogP contribution in [0.15, 0.2) is 0 Å². The third-order valence-electron chi connectivity index (χ3n) is 3.29. The molecule has 1 fully saturated rings. The van der Waals surface area contributed by atoms with Gasteiger partial charge in [0.05, 0.1) is 6.61 Å². The molecule has 0 bridgehead atoms. The molecular weight excluding hydrogens is 176 g/mol. The van der Waals surface area contributed by atoms with E-state index in [0.717, 1.165) is 19.7 Å². The van der Waals surface area contributed by atoms with Crippen LogP contribution in [0.4, 0.5) is 0 Å². The minimum atomic E-state index is 0.169. The zero-order chi connectivity index (χ0) is 10.7. The second kappa shape index (κ2) is 4.60. The van der Waals surface area contributed by atoms with Crippen LogP contribution in [0, 0.1) is 5.41 Å². The first-order chi connectivity index (χ1) is 6.54. The van der Waals surface area contributed by atoms with Crippen molar-refractivity contribution >= 4 is 0 Å². The standard InChI is InChI=1S/C11H24N2O/c1-10(2)4-5-11(8-10,9-12)13-6-7-14-3/h13H,4-9,12H2,1-3H3. The number of hydrogen-bond acceptors (Lipinski definition) is 3. The molecule has 1 aliphatic rings. The average molecular weight is 200 g/mol. The van der Waals surface area contributed by atoms with Crippen LogP contribution < -0.4 is 11.1 Å². The summed E-state index contributed by atoms with van der Waals surface area (Å²) in [6.07, 6.45) is 3.64. The fourth-order valence-electron chi connectivity index (χ4n) is 2.49. The highest BCUT2D eigenvalue weighted by Gasteiger charge is 2.41. The Morgan fingerprint density at radius 2 is 2.07 bits per heavy atom. The summed E-state index contributed by atoms with van der Waals surface area (Å²) in [4.78, 5) is 0. The Labute approximate surface area is 87.4 Å². The van der Waals surface area contributed by atoms with Crippen molar-refractivity contribution in [2.75, 3.05) is 26.8 Å². The maximum absolute atomic E-state index is 5.87. The molecule has 0 aliphatic heterocycles. The van der Waals surface area contributed by atoms with E-state index in [1.165, 1.54) is 19.3 Å². The van der Waals surface area contributed by atoms with Crippen LogP contribution in [0.2, 0.25) is 0 Å². The first kappa shape index (κ1) is 12.0. The summed E-state index contributed by atoms with van der Waals surface area (Å²) < 4.78 is 5.04. The Morgan fingerprint density at radius 3 is 2.50 bits per heavy atom. The quantitative estimate of drug-likeness (QED) is 0.654. The van der Waals surface area contributed by atoms with Crippen LogP contribution in [0.1, 0.15) is 33.1 Å². The van der Waals surface area contributed by atoms with Crippen LogP contribution in [0.5, 0.6) is 0 Å². The van der Waals surface area contributed by atoms with E-state index in [-0.39, 0.29) is 5.54 Å². The smallest absolute Gasteiger partial charge is 0.0587 e. The summed E-state index contributed by atoms with van der Waals surface area (Å²) in [5.41, 5.74) is 6.48. The maximum Gasteiger partial charge on any atom is 0.0587 e. The third kappa shape index (κ3) is 2.94. The van der Waals surface area contributed by atoms with Crippen molar-refractivity contribution in [3.05, 3.63) is 0 Å². The van der Waals surface area contributed by atoms with Crippen molar-refractivity contribution in [3.8, 4) is 0 Å². The Kier molecular flexibility index (Phi) is 3.93. The highest BCUT2D eigenvalue weighted by atomic mass is 16.5. The molecule has 0 aromatic heterocycles. The lowest BCUT2D eigenvalue weighted by molar-refractivity contribution is 0.181. The van der Waals surface area contributed by atoms with Crippen molar-refractivity contribution in [1.82, 2.24) is 5.32 Å². The van der Waals surface area contributed by atoms with Gasteiger partial charge in [-0.05, 0) is 24.7 Å². The Balaban J connectivity index is 2.44. The third-order valence-corrected chi connectivity index (χ3v) is 3.29. The van der Waals surface area contributed by atoms with E-state index < -0.39 is 0 Å². The lowest BCUT2D eigenvalue weighted by Crippen LogP contribution is -2.50. The van der Waals surface area contributed by atoms with Crippen molar-refractivity contribution < 1.29 is 4.74 Å². The van der Waals surface area contributed by atoms with E-state index in [2.05, 4.69) is 19.2 Å². The molecule has 3 N–H and O–H groups in total. The van der Waals surface area contributed by atoms with Crippen LogP contribution in [0.3, 0.4) is 0 Å². The maximum atomic E-state index is 5.87. The van der Waals surface area contributed by atoms with Gasteiger partial charge in [-0.1, -0.05) is 13.8 Å². The summed E-state index contributed by atoms with van der Waals surface area (Å²) in [7, 11) is 1.73. The van der Waals surface area contributed by atoms with E-state index in [0.29, 0.717) is 5.41 Å². The monoisotopic (exact) mass is 200 g/mol. The van der Waals surface area contributed by atoms with Gasteiger partial charge < -0.3 is 15.8 Å². The van der Waals surface area contributed by atoms with Crippen LogP contribution in [0.25, 0.3) is 0 Å². The summed E-state index contributed by atoms with van der Waals surface area (Å²) in [6.45, 7) is 7.05. The van der Waals surface area contributed by atoms with E-state index in [1.54, 1.807) is 7.11 Å². The second-order valence-corrected chi connectivity index (χ2v) is 5.25. The lowest BCUT2D eigenvalue weighted by Gasteiger charge is -2.31. The average Bonchev–Trinajstić information content (AvgIpc) is 2.44. The minimum Gasteiger partial charge on any atom is -0.383 e. The van der Waals surface area contributed by atoms with E-state index >= 15 is 0 Å². The lowest BCUT2D eigenvalue weighted by atomic mass is 9.87. The summed E-state index contributed by atoms with van der Waals surface area (Å²) >= 11 is 0. The summed E-state index contributed by atoms with van der Waals surface area (Å²) in [5, 5.41) is 3.55. The Morgan fingerprint density at radius 1 is 1.36 bits per heavy atom. The van der Waals surface area contributed by atoms with E-state index in [1.807, 2.05) is 0 Å². The van der Waals surface area contributed by atoms with Crippen molar-refractivity contribution in [2.24, 2.45) is 11.1 Å². The fraction of sp³-hybridized carbons (Fsp3) is 1.00. The van der Waals surface area contributed by atoms with Gasteiger partial charge in [0.2, 0.25) is 0 Å². The highest BCUT2D eigenvalue weighted by Crippen LogP contribution is 2.42. The number of rotatable bonds is 5. The molecule has 1 unspecified atom stereocenters. The van der Waals surface area contributed by atoms with Gasteiger partial charge in [0, 0.05) is 25.7 Å². The van der Waals surface area contributed by atoms with Gasteiger partial charge in [-0.2, -0.15) is 0 Å². The predicted octanol–water partition coefficient (Wildman–Crippen LogP) is 1.13. The van der Waals surface area contributed by atoms with Gasteiger partial charge in [0.25, 0.3) is 0 Å². The van der Waals surface area contributed by atoms with Gasteiger partial charge in [0.1, 0.15) is 0 Å². The highest BCUT2D eigenvalue weighted by molar-refractivity contribution is 5.00. The molecule has 0 heterocycles. The van der Waals surface area contributed by atoms with Crippen molar-refractivity contribution in [2.45, 2.75) is 38.6 Å². The minimum absolute atomic E-state index is 0.169. The molecule has 0 spiro atoms. The molecule has 1 rings (SSSR count). The summed E-state index contributed by atoms with van der Waals surface area (Å²) in [5.74, 6) is 0. The van der Waals surface area contributed by atoms with Crippen LogP contribution in [-0.2, 0) is 4.74 Å². The molecule has 0 radical (unpaired) electrons. The molecule has 0 saturated heterocycles. The molecule has 0 aromatic carbocycles. The van der Waals surface area contributed by atoms with Gasteiger partial charge in [-0.15, -0.1) is 0 Å². The number of nitrogens with two attached hydrogens (primary N) is 1. The largest absolute Gasteiger partial charge is 0.383 e. The van der Waals surface area contributed by atoms with Crippen LogP contribution in [-0.4, -0.2) is 32.3 Å². The molecule has 1 aliphatic carbocycles. The van der Waals surface area contributed by atoms with Crippen molar-refractivity contribution in [1.29, 1.82) is 0 Å². The predicted molar refractivity (Wildman–Crippen MR) is 59.3 cm³/mol. The molecule has 3 heteroatoms. The molecule has 0 aromatic rings. The molecule has 1 saturated carbocycles. The molecular formula is C11H24N2O. The Hall–Kier alpha value is -0.120. The van der Waals surface area contributed by atoms with Crippen LogP contribution >= 0.6 is 0 Å². The topological polar surface area (TPSA) is 47.3 Å². The first-order valence-electron chi connectivity index (χ1n) is 5.48. The van der Waals surface area contributed by atoms with Gasteiger partial charge in [-0.3, -0.25) is 0 Å². The Bertz CT molecular complexity index is 182. The number of ether oxygens (including phenoxy) is 1.